The van der Waals surface area contributed by atoms with Gasteiger partial charge in [0.05, 0.1) is 0 Å². The van der Waals surface area contributed by atoms with Crippen LogP contribution in [0.2, 0.25) is 0 Å². The van der Waals surface area contributed by atoms with Gasteiger partial charge in [-0.2, -0.15) is 18.2 Å². The number of rotatable bonds is 1. The summed E-state index contributed by atoms with van der Waals surface area (Å²) in [6, 6.07) is 30.8. The van der Waals surface area contributed by atoms with E-state index in [9.17, 15) is 0 Å². The Morgan fingerprint density at radius 3 is 1.17 bits per heavy atom. The molecule has 3 aromatic carbocycles. The summed E-state index contributed by atoms with van der Waals surface area (Å²) in [5.41, 5.74) is 2.55. The van der Waals surface area contributed by atoms with Gasteiger partial charge in [0.15, 0.2) is 0 Å². The second kappa shape index (κ2) is 8.42. The van der Waals surface area contributed by atoms with Crippen molar-refractivity contribution in [3.05, 3.63) is 91.0 Å². The van der Waals surface area contributed by atoms with Crippen molar-refractivity contribution in [1.82, 2.24) is 0 Å². The van der Waals surface area contributed by atoms with Crippen LogP contribution in [-0.2, 0) is 17.4 Å². The van der Waals surface area contributed by atoms with Crippen molar-refractivity contribution in [3.8, 4) is 11.1 Å². The van der Waals surface area contributed by atoms with Crippen molar-refractivity contribution in [2.45, 2.75) is 0 Å². The molecule has 0 unspecified atom stereocenters. The molecule has 3 aromatic rings. The van der Waals surface area contributed by atoms with Gasteiger partial charge in [-0.15, -0.1) is 0 Å². The zero-order chi connectivity index (χ0) is 11.8. The quantitative estimate of drug-likeness (QED) is 0.560. The minimum absolute atomic E-state index is 0. The summed E-state index contributed by atoms with van der Waals surface area (Å²) in [5, 5.41) is 0. The standard InChI is InChI=1S/C12H10.C5H5.Cr/c1-3-7-11(8-4-1)12-9-5-2-6-10-12;1-2-4-5-3-1;/h1-10H;1-5H;/q;-1;. The van der Waals surface area contributed by atoms with Gasteiger partial charge in [0.1, 0.15) is 0 Å². The summed E-state index contributed by atoms with van der Waals surface area (Å²) in [6.45, 7) is 0. The molecule has 0 saturated heterocycles. The maximum Gasteiger partial charge on any atom is 0 e. The van der Waals surface area contributed by atoms with Crippen LogP contribution >= 0.6 is 0 Å². The Balaban J connectivity index is 0.000000230. The smallest absolute Gasteiger partial charge is 0 e. The fourth-order valence-electron chi connectivity index (χ4n) is 1.58. The van der Waals surface area contributed by atoms with Gasteiger partial charge in [0.2, 0.25) is 0 Å². The molecule has 0 aliphatic carbocycles. The molecular formula is C17H15Cr-. The molecule has 0 amide bonds. The van der Waals surface area contributed by atoms with E-state index in [1.165, 1.54) is 11.1 Å². The molecule has 0 saturated carbocycles. The number of hydrogen-bond acceptors (Lipinski definition) is 0. The summed E-state index contributed by atoms with van der Waals surface area (Å²) >= 11 is 0. The van der Waals surface area contributed by atoms with Crippen LogP contribution in [0.3, 0.4) is 0 Å². The average molecular weight is 271 g/mol. The van der Waals surface area contributed by atoms with Crippen molar-refractivity contribution in [2.75, 3.05) is 0 Å². The molecule has 0 nitrogen and oxygen atoms in total. The molecule has 0 bridgehead atoms. The Labute approximate surface area is 119 Å². The molecule has 0 heterocycles. The van der Waals surface area contributed by atoms with E-state index in [4.69, 9.17) is 0 Å². The van der Waals surface area contributed by atoms with Crippen LogP contribution in [0.1, 0.15) is 0 Å². The summed E-state index contributed by atoms with van der Waals surface area (Å²) in [5.74, 6) is 0. The molecule has 0 aromatic heterocycles. The van der Waals surface area contributed by atoms with Crippen LogP contribution in [-0.4, -0.2) is 0 Å². The monoisotopic (exact) mass is 271 g/mol. The van der Waals surface area contributed by atoms with E-state index in [0.29, 0.717) is 0 Å². The van der Waals surface area contributed by atoms with Crippen LogP contribution in [0.25, 0.3) is 11.1 Å². The first-order valence-electron chi connectivity index (χ1n) is 5.74. The Morgan fingerprint density at radius 2 is 0.889 bits per heavy atom. The fourth-order valence-corrected chi connectivity index (χ4v) is 1.58. The normalized spacial score (nSPS) is 8.67. The summed E-state index contributed by atoms with van der Waals surface area (Å²) in [7, 11) is 0. The molecule has 18 heavy (non-hydrogen) atoms. The molecule has 3 rings (SSSR count). The zero-order valence-electron chi connectivity index (χ0n) is 10.1. The van der Waals surface area contributed by atoms with E-state index in [1.54, 1.807) is 0 Å². The van der Waals surface area contributed by atoms with E-state index in [-0.39, 0.29) is 17.4 Å². The SMILES string of the molecule is [Cr].c1cc[cH-]c1.c1ccc(-c2ccccc2)cc1. The van der Waals surface area contributed by atoms with Crippen LogP contribution < -0.4 is 0 Å². The van der Waals surface area contributed by atoms with Gasteiger partial charge in [0, 0.05) is 17.4 Å². The molecule has 0 N–H and O–H groups in total. The van der Waals surface area contributed by atoms with Gasteiger partial charge in [-0.25, -0.2) is 12.1 Å². The van der Waals surface area contributed by atoms with Gasteiger partial charge >= 0.3 is 0 Å². The first kappa shape index (κ1) is 14.4. The van der Waals surface area contributed by atoms with Crippen LogP contribution in [0, 0.1) is 0 Å². The minimum atomic E-state index is 0. The molecular weight excluding hydrogens is 256 g/mol. The topological polar surface area (TPSA) is 0 Å². The first-order valence-corrected chi connectivity index (χ1v) is 5.74. The third-order valence-electron chi connectivity index (χ3n) is 2.44. The van der Waals surface area contributed by atoms with Crippen molar-refractivity contribution >= 4 is 0 Å². The first-order chi connectivity index (χ1) is 8.47. The summed E-state index contributed by atoms with van der Waals surface area (Å²) in [4.78, 5) is 0. The average Bonchev–Trinajstić information content (AvgIpc) is 3.00. The molecule has 0 spiro atoms. The fraction of sp³-hybridized carbons (Fsp3) is 0. The number of hydrogen-bond donors (Lipinski definition) is 0. The molecule has 0 radical (unpaired) electrons. The third kappa shape index (κ3) is 4.67. The van der Waals surface area contributed by atoms with Crippen molar-refractivity contribution < 1.29 is 17.4 Å². The predicted molar refractivity (Wildman–Crippen MR) is 73.9 cm³/mol. The predicted octanol–water partition coefficient (Wildman–Crippen LogP) is 4.76. The van der Waals surface area contributed by atoms with E-state index in [0.717, 1.165) is 0 Å². The maximum atomic E-state index is 2.12. The molecule has 0 aliphatic heterocycles. The molecule has 90 valence electrons. The van der Waals surface area contributed by atoms with Gasteiger partial charge in [0.25, 0.3) is 0 Å². The van der Waals surface area contributed by atoms with Gasteiger partial charge < -0.3 is 0 Å². The van der Waals surface area contributed by atoms with E-state index in [2.05, 4.69) is 48.5 Å². The molecule has 0 fully saturated rings. The Hall–Kier alpha value is -1.68. The molecule has 0 atom stereocenters. The second-order valence-corrected chi connectivity index (χ2v) is 3.69. The van der Waals surface area contributed by atoms with E-state index >= 15 is 0 Å². The second-order valence-electron chi connectivity index (χ2n) is 3.69. The molecule has 1 heteroatoms. The zero-order valence-corrected chi connectivity index (χ0v) is 11.3. The van der Waals surface area contributed by atoms with E-state index in [1.807, 2.05) is 42.5 Å². The largest absolute Gasteiger partial charge is 0.214 e. The van der Waals surface area contributed by atoms with Crippen LogP contribution in [0.5, 0.6) is 0 Å². The Morgan fingerprint density at radius 1 is 0.500 bits per heavy atom. The third-order valence-corrected chi connectivity index (χ3v) is 2.44. The Bertz CT molecular complexity index is 443. The van der Waals surface area contributed by atoms with Crippen molar-refractivity contribution in [1.29, 1.82) is 0 Å². The van der Waals surface area contributed by atoms with Gasteiger partial charge in [-0.1, -0.05) is 60.7 Å². The summed E-state index contributed by atoms with van der Waals surface area (Å²) < 4.78 is 0. The van der Waals surface area contributed by atoms with E-state index < -0.39 is 0 Å². The summed E-state index contributed by atoms with van der Waals surface area (Å²) in [6.07, 6.45) is 0. The van der Waals surface area contributed by atoms with Crippen LogP contribution in [0.15, 0.2) is 91.0 Å². The van der Waals surface area contributed by atoms with Gasteiger partial charge in [-0.3, -0.25) is 0 Å². The number of benzene rings is 2. The van der Waals surface area contributed by atoms with Gasteiger partial charge in [-0.05, 0) is 11.1 Å². The minimum Gasteiger partial charge on any atom is -0.214 e. The maximum absolute atomic E-state index is 2.12. The van der Waals surface area contributed by atoms with Crippen molar-refractivity contribution in [2.24, 2.45) is 0 Å². The molecule has 0 aliphatic rings. The van der Waals surface area contributed by atoms with Crippen LogP contribution in [0.4, 0.5) is 0 Å². The Kier molecular flexibility index (Phi) is 6.73. The van der Waals surface area contributed by atoms with Crippen molar-refractivity contribution in [3.63, 3.8) is 0 Å².